The van der Waals surface area contributed by atoms with Crippen LogP contribution in [0, 0.1) is 5.41 Å². The molecule has 1 aliphatic heterocycles. The van der Waals surface area contributed by atoms with E-state index >= 15 is 0 Å². The van der Waals surface area contributed by atoms with Gasteiger partial charge in [-0.05, 0) is 36.8 Å². The minimum atomic E-state index is -5.82. The van der Waals surface area contributed by atoms with E-state index in [0.29, 0.717) is 18.5 Å². The number of fused-ring (bicyclic) bond motifs is 4. The van der Waals surface area contributed by atoms with Gasteiger partial charge in [0, 0.05) is 23.6 Å². The molecule has 1 aliphatic carbocycles. The number of hydrogen-bond donors (Lipinski definition) is 0. The SMILES string of the molecule is C=C(C)OC(=O)N1CC[C@@]2(C)c3cccc(OS(=O)(=O)C(F)(F)F)c3C[C@@H]1C2(C)C. The summed E-state index contributed by atoms with van der Waals surface area (Å²) in [5.74, 6) is -0.144. The van der Waals surface area contributed by atoms with E-state index in [1.165, 1.54) is 17.0 Å². The number of piperidine rings is 1. The molecule has 0 aromatic heterocycles. The molecule has 0 unspecified atom stereocenters. The number of ether oxygens (including phenoxy) is 1. The van der Waals surface area contributed by atoms with Crippen LogP contribution < -0.4 is 4.18 Å². The summed E-state index contributed by atoms with van der Waals surface area (Å²) >= 11 is 0. The molecule has 0 spiro atoms. The van der Waals surface area contributed by atoms with Crippen molar-refractivity contribution in [3.05, 3.63) is 41.7 Å². The van der Waals surface area contributed by atoms with Gasteiger partial charge in [-0.25, -0.2) is 4.79 Å². The second-order valence-corrected chi connectivity index (χ2v) is 10.1. The lowest BCUT2D eigenvalue weighted by Crippen LogP contribution is -2.65. The van der Waals surface area contributed by atoms with Crippen LogP contribution in [0.2, 0.25) is 0 Å². The van der Waals surface area contributed by atoms with E-state index in [1.54, 1.807) is 13.0 Å². The van der Waals surface area contributed by atoms with Gasteiger partial charge in [0.1, 0.15) is 5.75 Å². The molecule has 1 aromatic rings. The fourth-order valence-electron chi connectivity index (χ4n) is 4.58. The second-order valence-electron chi connectivity index (χ2n) is 8.55. The van der Waals surface area contributed by atoms with Crippen LogP contribution in [0.25, 0.3) is 0 Å². The van der Waals surface area contributed by atoms with Crippen LogP contribution >= 0.6 is 0 Å². The van der Waals surface area contributed by atoms with Crippen molar-refractivity contribution in [2.75, 3.05) is 6.54 Å². The lowest BCUT2D eigenvalue weighted by Gasteiger charge is -2.60. The zero-order chi connectivity index (χ0) is 22.7. The van der Waals surface area contributed by atoms with E-state index in [9.17, 15) is 26.4 Å². The molecule has 10 heteroatoms. The van der Waals surface area contributed by atoms with Gasteiger partial charge in [-0.3, -0.25) is 0 Å². The third kappa shape index (κ3) is 3.34. The Morgan fingerprint density at radius 3 is 2.47 bits per heavy atom. The van der Waals surface area contributed by atoms with E-state index in [2.05, 4.69) is 10.8 Å². The van der Waals surface area contributed by atoms with Gasteiger partial charge in [-0.1, -0.05) is 39.5 Å². The molecule has 1 amide bonds. The van der Waals surface area contributed by atoms with Gasteiger partial charge in [0.15, 0.2) is 0 Å². The van der Waals surface area contributed by atoms with Gasteiger partial charge < -0.3 is 13.8 Å². The van der Waals surface area contributed by atoms with Crippen molar-refractivity contribution < 1.29 is 35.3 Å². The lowest BCUT2D eigenvalue weighted by molar-refractivity contribution is -0.0502. The summed E-state index contributed by atoms with van der Waals surface area (Å²) in [5, 5.41) is 0. The van der Waals surface area contributed by atoms with Crippen molar-refractivity contribution in [3.8, 4) is 5.75 Å². The molecule has 0 N–H and O–H groups in total. The van der Waals surface area contributed by atoms with Crippen molar-refractivity contribution in [3.63, 3.8) is 0 Å². The summed E-state index contributed by atoms with van der Waals surface area (Å²) in [7, 11) is -5.82. The Hall–Kier alpha value is -2.23. The summed E-state index contributed by atoms with van der Waals surface area (Å²) < 4.78 is 71.5. The first-order valence-corrected chi connectivity index (χ1v) is 10.8. The number of alkyl halides is 3. The number of carbonyl (C=O) groups is 1. The van der Waals surface area contributed by atoms with Gasteiger partial charge in [0.2, 0.25) is 0 Å². The number of likely N-dealkylation sites (tertiary alicyclic amines) is 1. The number of hydrogen-bond acceptors (Lipinski definition) is 5. The summed E-state index contributed by atoms with van der Waals surface area (Å²) in [6, 6.07) is 4.04. The third-order valence-corrected chi connectivity index (χ3v) is 7.55. The zero-order valence-electron chi connectivity index (χ0n) is 17.2. The third-order valence-electron chi connectivity index (χ3n) is 6.59. The molecule has 2 aliphatic rings. The van der Waals surface area contributed by atoms with Crippen molar-refractivity contribution >= 4 is 16.2 Å². The number of rotatable bonds is 3. The van der Waals surface area contributed by atoms with E-state index < -0.39 is 38.6 Å². The van der Waals surface area contributed by atoms with Crippen LogP contribution in [0.15, 0.2) is 30.5 Å². The van der Waals surface area contributed by atoms with Crippen LogP contribution in [0.4, 0.5) is 18.0 Å². The molecule has 1 aromatic carbocycles. The predicted octanol–water partition coefficient (Wildman–Crippen LogP) is 4.50. The quantitative estimate of drug-likeness (QED) is 0.388. The van der Waals surface area contributed by atoms with Crippen LogP contribution in [0.5, 0.6) is 5.75 Å². The second kappa shape index (κ2) is 6.90. The largest absolute Gasteiger partial charge is 0.534 e. The molecule has 0 saturated carbocycles. The fourth-order valence-corrected chi connectivity index (χ4v) is 5.07. The van der Waals surface area contributed by atoms with Crippen molar-refractivity contribution in [2.45, 2.75) is 57.5 Å². The highest BCUT2D eigenvalue weighted by Gasteiger charge is 2.58. The molecule has 2 bridgehead atoms. The summed E-state index contributed by atoms with van der Waals surface area (Å²) in [6.07, 6.45) is 0.0594. The van der Waals surface area contributed by atoms with Crippen molar-refractivity contribution in [1.82, 2.24) is 4.90 Å². The predicted molar refractivity (Wildman–Crippen MR) is 103 cm³/mol. The average molecular weight is 447 g/mol. The number of halogens is 3. The first-order valence-electron chi connectivity index (χ1n) is 9.39. The molecule has 2 atom stereocenters. The van der Waals surface area contributed by atoms with Gasteiger partial charge in [-0.2, -0.15) is 21.6 Å². The van der Waals surface area contributed by atoms with Crippen molar-refractivity contribution in [2.24, 2.45) is 5.41 Å². The Morgan fingerprint density at radius 2 is 1.90 bits per heavy atom. The highest BCUT2D eigenvalue weighted by atomic mass is 32.2. The monoisotopic (exact) mass is 447 g/mol. The molecule has 30 heavy (non-hydrogen) atoms. The maximum absolute atomic E-state index is 12.9. The smallest absolute Gasteiger partial charge is 0.416 e. The minimum absolute atomic E-state index is 0.132. The molecule has 1 fully saturated rings. The average Bonchev–Trinajstić information content (AvgIpc) is 2.56. The number of amides is 1. The summed E-state index contributed by atoms with van der Waals surface area (Å²) in [5.41, 5.74) is -5.45. The molecular weight excluding hydrogens is 423 g/mol. The van der Waals surface area contributed by atoms with E-state index in [4.69, 9.17) is 4.74 Å². The van der Waals surface area contributed by atoms with Gasteiger partial charge in [0.05, 0.1) is 5.76 Å². The minimum Gasteiger partial charge on any atom is -0.416 e. The van der Waals surface area contributed by atoms with Gasteiger partial charge in [-0.15, -0.1) is 0 Å². The maximum atomic E-state index is 12.9. The lowest BCUT2D eigenvalue weighted by atomic mass is 9.51. The Bertz CT molecular complexity index is 1000. The molecule has 166 valence electrons. The standard InChI is InChI=1S/C20H24F3NO5S/c1-12(2)28-17(25)24-10-9-19(5)14-7-6-8-15(29-30(26,27)20(21,22)23)13(14)11-16(24)18(19,3)4/h6-8,16H,1,9-11H2,2-5H3/t16-,19+/m1/s1. The molecule has 6 nitrogen and oxygen atoms in total. The zero-order valence-corrected chi connectivity index (χ0v) is 18.0. The highest BCUT2D eigenvalue weighted by Crippen LogP contribution is 2.57. The van der Waals surface area contributed by atoms with Crippen LogP contribution in [0.1, 0.15) is 45.2 Å². The molecule has 0 radical (unpaired) electrons. The number of carbonyl (C=O) groups excluding carboxylic acids is 1. The molecule has 3 rings (SSSR count). The van der Waals surface area contributed by atoms with Crippen LogP contribution in [-0.4, -0.2) is 37.5 Å². The Balaban J connectivity index is 2.10. The first-order chi connectivity index (χ1) is 13.6. The first kappa shape index (κ1) is 22.5. The van der Waals surface area contributed by atoms with Crippen LogP contribution in [-0.2, 0) is 26.7 Å². The number of allylic oxidation sites excluding steroid dienone is 1. The Kier molecular flexibility index (Phi) is 5.16. The topological polar surface area (TPSA) is 72.9 Å². The normalized spacial score (nSPS) is 25.3. The van der Waals surface area contributed by atoms with E-state index in [0.717, 1.165) is 5.56 Å². The molecular formula is C20H24F3NO5S. The highest BCUT2D eigenvalue weighted by molar-refractivity contribution is 7.88. The van der Waals surface area contributed by atoms with E-state index in [-0.39, 0.29) is 17.9 Å². The Morgan fingerprint density at radius 1 is 1.27 bits per heavy atom. The van der Waals surface area contributed by atoms with Gasteiger partial charge in [0.25, 0.3) is 0 Å². The van der Waals surface area contributed by atoms with E-state index in [1.807, 2.05) is 20.8 Å². The number of benzene rings is 1. The molecule has 1 saturated heterocycles. The Labute approximate surface area is 173 Å². The number of nitrogens with zero attached hydrogens (tertiary/aromatic N) is 1. The fraction of sp³-hybridized carbons (Fsp3) is 0.550. The summed E-state index contributed by atoms with van der Waals surface area (Å²) in [6.45, 7) is 11.5. The maximum Gasteiger partial charge on any atom is 0.534 e. The van der Waals surface area contributed by atoms with Gasteiger partial charge >= 0.3 is 21.7 Å². The summed E-state index contributed by atoms with van der Waals surface area (Å²) in [4.78, 5) is 14.2. The van der Waals surface area contributed by atoms with Crippen LogP contribution in [0.3, 0.4) is 0 Å². The van der Waals surface area contributed by atoms with Crippen molar-refractivity contribution in [1.29, 1.82) is 0 Å². The molecule has 1 heterocycles.